The number of amides is 1. The van der Waals surface area contributed by atoms with E-state index in [-0.39, 0.29) is 5.91 Å². The maximum absolute atomic E-state index is 11.4. The molecule has 3 heteroatoms. The fourth-order valence-corrected chi connectivity index (χ4v) is 1.99. The average Bonchev–Trinajstić information content (AvgIpc) is 3.09. The van der Waals surface area contributed by atoms with Gasteiger partial charge in [-0.25, -0.2) is 0 Å². The largest absolute Gasteiger partial charge is 0.382 e. The first-order valence-electron chi connectivity index (χ1n) is 6.70. The van der Waals surface area contributed by atoms with E-state index in [0.717, 1.165) is 11.4 Å². The molecule has 1 atom stereocenters. The molecule has 1 unspecified atom stereocenters. The number of rotatable bonds is 5. The van der Waals surface area contributed by atoms with Crippen molar-refractivity contribution in [2.75, 3.05) is 10.6 Å². The number of hydrogen-bond donors (Lipinski definition) is 2. The SMILES string of the molecule is CCC(=O)Nc1cccc(NC(C)C2(C)CC2)c1. The van der Waals surface area contributed by atoms with Crippen LogP contribution in [0, 0.1) is 5.41 Å². The Morgan fingerprint density at radius 1 is 1.39 bits per heavy atom. The molecule has 0 spiro atoms. The standard InChI is InChI=1S/C15H22N2O/c1-4-14(18)17-13-7-5-6-12(10-13)16-11(2)15(3)8-9-15/h5-7,10-11,16H,4,8-9H2,1-3H3,(H,17,18). The van der Waals surface area contributed by atoms with E-state index in [9.17, 15) is 4.79 Å². The fraction of sp³-hybridized carbons (Fsp3) is 0.533. The summed E-state index contributed by atoms with van der Waals surface area (Å²) >= 11 is 0. The van der Waals surface area contributed by atoms with Crippen molar-refractivity contribution in [2.24, 2.45) is 5.41 Å². The molecule has 1 aromatic rings. The minimum absolute atomic E-state index is 0.0503. The lowest BCUT2D eigenvalue weighted by Crippen LogP contribution is -2.24. The zero-order chi connectivity index (χ0) is 13.2. The van der Waals surface area contributed by atoms with E-state index in [4.69, 9.17) is 0 Å². The van der Waals surface area contributed by atoms with E-state index in [0.29, 0.717) is 17.9 Å². The Balaban J connectivity index is 2.00. The zero-order valence-corrected chi connectivity index (χ0v) is 11.4. The summed E-state index contributed by atoms with van der Waals surface area (Å²) < 4.78 is 0. The highest BCUT2D eigenvalue weighted by atomic mass is 16.1. The Morgan fingerprint density at radius 3 is 2.67 bits per heavy atom. The van der Waals surface area contributed by atoms with E-state index in [1.165, 1.54) is 12.8 Å². The van der Waals surface area contributed by atoms with Crippen LogP contribution in [-0.2, 0) is 4.79 Å². The van der Waals surface area contributed by atoms with Crippen LogP contribution in [0.2, 0.25) is 0 Å². The first-order valence-corrected chi connectivity index (χ1v) is 6.70. The Morgan fingerprint density at radius 2 is 2.06 bits per heavy atom. The van der Waals surface area contributed by atoms with Gasteiger partial charge in [-0.2, -0.15) is 0 Å². The predicted octanol–water partition coefficient (Wildman–Crippen LogP) is 3.64. The van der Waals surface area contributed by atoms with Crippen molar-refractivity contribution in [3.8, 4) is 0 Å². The molecule has 0 aromatic heterocycles. The molecule has 2 N–H and O–H groups in total. The summed E-state index contributed by atoms with van der Waals surface area (Å²) in [5, 5.41) is 6.41. The van der Waals surface area contributed by atoms with Gasteiger partial charge >= 0.3 is 0 Å². The lowest BCUT2D eigenvalue weighted by atomic mass is 10.0. The van der Waals surface area contributed by atoms with Gasteiger partial charge in [0.1, 0.15) is 0 Å². The van der Waals surface area contributed by atoms with E-state index >= 15 is 0 Å². The maximum Gasteiger partial charge on any atom is 0.224 e. The molecule has 1 aromatic carbocycles. The van der Waals surface area contributed by atoms with Crippen LogP contribution in [-0.4, -0.2) is 11.9 Å². The molecule has 0 saturated heterocycles. The third-order valence-corrected chi connectivity index (χ3v) is 3.93. The van der Waals surface area contributed by atoms with Crippen LogP contribution in [0.25, 0.3) is 0 Å². The summed E-state index contributed by atoms with van der Waals surface area (Å²) in [4.78, 5) is 11.4. The molecule has 1 aliphatic carbocycles. The van der Waals surface area contributed by atoms with Crippen molar-refractivity contribution in [3.63, 3.8) is 0 Å². The Hall–Kier alpha value is -1.51. The fourth-order valence-electron chi connectivity index (χ4n) is 1.99. The first-order chi connectivity index (χ1) is 8.53. The molecule has 3 nitrogen and oxygen atoms in total. The van der Waals surface area contributed by atoms with E-state index < -0.39 is 0 Å². The third-order valence-electron chi connectivity index (χ3n) is 3.93. The Kier molecular flexibility index (Phi) is 3.60. The van der Waals surface area contributed by atoms with Crippen LogP contribution in [0.4, 0.5) is 11.4 Å². The van der Waals surface area contributed by atoms with Crippen molar-refractivity contribution >= 4 is 17.3 Å². The summed E-state index contributed by atoms with van der Waals surface area (Å²) in [6, 6.07) is 8.40. The zero-order valence-electron chi connectivity index (χ0n) is 11.4. The van der Waals surface area contributed by atoms with E-state index in [1.54, 1.807) is 0 Å². The highest BCUT2D eigenvalue weighted by Gasteiger charge is 2.42. The van der Waals surface area contributed by atoms with Gasteiger partial charge in [0.15, 0.2) is 0 Å². The van der Waals surface area contributed by atoms with Crippen LogP contribution in [0.1, 0.15) is 40.0 Å². The molecule has 1 amide bonds. The van der Waals surface area contributed by atoms with Gasteiger partial charge in [-0.05, 0) is 43.4 Å². The number of carbonyl (C=O) groups is 1. The molecule has 98 valence electrons. The molecule has 1 aliphatic rings. The molecule has 0 bridgehead atoms. The second-order valence-corrected chi connectivity index (χ2v) is 5.50. The van der Waals surface area contributed by atoms with Gasteiger partial charge in [-0.3, -0.25) is 4.79 Å². The third kappa shape index (κ3) is 3.03. The van der Waals surface area contributed by atoms with Gasteiger partial charge in [0.25, 0.3) is 0 Å². The molecule has 18 heavy (non-hydrogen) atoms. The summed E-state index contributed by atoms with van der Waals surface area (Å²) in [5.41, 5.74) is 2.38. The van der Waals surface area contributed by atoms with Crippen LogP contribution in [0.5, 0.6) is 0 Å². The van der Waals surface area contributed by atoms with Gasteiger partial charge in [0.2, 0.25) is 5.91 Å². The Bertz CT molecular complexity index is 438. The van der Waals surface area contributed by atoms with Gasteiger partial charge in [-0.15, -0.1) is 0 Å². The Labute approximate surface area is 109 Å². The second-order valence-electron chi connectivity index (χ2n) is 5.50. The van der Waals surface area contributed by atoms with Crippen LogP contribution in [0.15, 0.2) is 24.3 Å². The van der Waals surface area contributed by atoms with Gasteiger partial charge in [-0.1, -0.05) is 19.9 Å². The normalized spacial score (nSPS) is 17.9. The van der Waals surface area contributed by atoms with Gasteiger partial charge in [0, 0.05) is 23.8 Å². The minimum atomic E-state index is 0.0503. The van der Waals surface area contributed by atoms with E-state index in [1.807, 2.05) is 31.2 Å². The molecular weight excluding hydrogens is 224 g/mol. The lowest BCUT2D eigenvalue weighted by molar-refractivity contribution is -0.115. The summed E-state index contributed by atoms with van der Waals surface area (Å²) in [6.45, 7) is 6.39. The van der Waals surface area contributed by atoms with Crippen molar-refractivity contribution in [3.05, 3.63) is 24.3 Å². The second kappa shape index (κ2) is 5.01. The highest BCUT2D eigenvalue weighted by Crippen LogP contribution is 2.48. The number of hydrogen-bond acceptors (Lipinski definition) is 2. The number of carbonyl (C=O) groups excluding carboxylic acids is 1. The van der Waals surface area contributed by atoms with Crippen molar-refractivity contribution in [2.45, 2.75) is 46.1 Å². The van der Waals surface area contributed by atoms with Crippen LogP contribution in [0.3, 0.4) is 0 Å². The molecule has 1 fully saturated rings. The van der Waals surface area contributed by atoms with Gasteiger partial charge < -0.3 is 10.6 Å². The van der Waals surface area contributed by atoms with Gasteiger partial charge in [0.05, 0.1) is 0 Å². The molecular formula is C15H22N2O. The topological polar surface area (TPSA) is 41.1 Å². The molecule has 0 radical (unpaired) electrons. The average molecular weight is 246 g/mol. The number of anilines is 2. The molecule has 2 rings (SSSR count). The number of nitrogens with one attached hydrogen (secondary N) is 2. The molecule has 1 saturated carbocycles. The van der Waals surface area contributed by atoms with Crippen molar-refractivity contribution in [1.82, 2.24) is 0 Å². The minimum Gasteiger partial charge on any atom is -0.382 e. The van der Waals surface area contributed by atoms with Crippen molar-refractivity contribution in [1.29, 1.82) is 0 Å². The summed E-state index contributed by atoms with van der Waals surface area (Å²) in [7, 11) is 0. The smallest absolute Gasteiger partial charge is 0.224 e. The van der Waals surface area contributed by atoms with Crippen LogP contribution < -0.4 is 10.6 Å². The molecule has 0 aliphatic heterocycles. The van der Waals surface area contributed by atoms with Crippen molar-refractivity contribution < 1.29 is 4.79 Å². The molecule has 0 heterocycles. The summed E-state index contributed by atoms with van der Waals surface area (Å²) in [6.07, 6.45) is 3.10. The highest BCUT2D eigenvalue weighted by molar-refractivity contribution is 5.90. The number of benzene rings is 1. The van der Waals surface area contributed by atoms with E-state index in [2.05, 4.69) is 24.5 Å². The predicted molar refractivity (Wildman–Crippen MR) is 75.8 cm³/mol. The lowest BCUT2D eigenvalue weighted by Gasteiger charge is -2.22. The maximum atomic E-state index is 11.4. The first kappa shape index (κ1) is 12.9. The quantitative estimate of drug-likeness (QED) is 0.833. The van der Waals surface area contributed by atoms with Crippen LogP contribution >= 0.6 is 0 Å². The summed E-state index contributed by atoms with van der Waals surface area (Å²) in [5.74, 6) is 0.0503. The monoisotopic (exact) mass is 246 g/mol.